The fourth-order valence-electron chi connectivity index (χ4n) is 2.78. The van der Waals surface area contributed by atoms with Crippen LogP contribution in [0, 0.1) is 12.3 Å². The third kappa shape index (κ3) is 4.01. The Hall–Kier alpha value is -1.01. The van der Waals surface area contributed by atoms with Crippen molar-refractivity contribution in [2.24, 2.45) is 5.41 Å². The minimum absolute atomic E-state index is 0.0221. The summed E-state index contributed by atoms with van der Waals surface area (Å²) < 4.78 is 27.8. The molecule has 1 saturated carbocycles. The van der Waals surface area contributed by atoms with E-state index >= 15 is 0 Å². The quantitative estimate of drug-likeness (QED) is 0.858. The lowest BCUT2D eigenvalue weighted by Crippen LogP contribution is -2.36. The highest BCUT2D eigenvalue weighted by Gasteiger charge is 2.28. The van der Waals surface area contributed by atoms with Gasteiger partial charge in [-0.1, -0.05) is 26.2 Å². The Bertz CT molecular complexity index is 629. The predicted molar refractivity (Wildman–Crippen MR) is 80.0 cm³/mol. The minimum atomic E-state index is -3.90. The lowest BCUT2D eigenvalue weighted by Gasteiger charge is -2.33. The Morgan fingerprint density at radius 3 is 2.52 bits per heavy atom. The van der Waals surface area contributed by atoms with Gasteiger partial charge in [0.15, 0.2) is 5.76 Å². The van der Waals surface area contributed by atoms with Crippen molar-refractivity contribution in [3.63, 3.8) is 0 Å². The van der Waals surface area contributed by atoms with Crippen LogP contribution in [0.25, 0.3) is 0 Å². The van der Waals surface area contributed by atoms with Gasteiger partial charge in [0.05, 0.1) is 0 Å². The van der Waals surface area contributed by atoms with Crippen LogP contribution in [0.1, 0.15) is 55.3 Å². The molecular weight excluding hydrogens is 314 g/mol. The SMILES string of the molecule is Cc1oc(C(=O)NCC2(C)CCCCC2)cc1S(=O)(=O)Cl. The van der Waals surface area contributed by atoms with E-state index in [1.807, 2.05) is 0 Å². The molecule has 1 aromatic rings. The second-order valence-electron chi connectivity index (χ2n) is 6.02. The summed E-state index contributed by atoms with van der Waals surface area (Å²) in [6.07, 6.45) is 5.79. The molecule has 5 nitrogen and oxygen atoms in total. The summed E-state index contributed by atoms with van der Waals surface area (Å²) in [5.41, 5.74) is 0.108. The maximum Gasteiger partial charge on any atom is 0.287 e. The molecule has 1 aliphatic carbocycles. The Morgan fingerprint density at radius 2 is 2.00 bits per heavy atom. The number of halogens is 1. The van der Waals surface area contributed by atoms with E-state index in [0.717, 1.165) is 12.8 Å². The van der Waals surface area contributed by atoms with Crippen molar-refractivity contribution in [2.75, 3.05) is 6.54 Å². The van der Waals surface area contributed by atoms with Crippen molar-refractivity contribution in [2.45, 2.75) is 50.8 Å². The first kappa shape index (κ1) is 16.4. The highest BCUT2D eigenvalue weighted by atomic mass is 35.7. The van der Waals surface area contributed by atoms with E-state index < -0.39 is 15.0 Å². The van der Waals surface area contributed by atoms with E-state index in [1.54, 1.807) is 0 Å². The fourth-order valence-corrected chi connectivity index (χ4v) is 3.87. The highest BCUT2D eigenvalue weighted by molar-refractivity contribution is 8.13. The Kier molecular flexibility index (Phi) is 4.68. The number of rotatable bonds is 4. The summed E-state index contributed by atoms with van der Waals surface area (Å²) in [7, 11) is 1.39. The molecule has 0 spiro atoms. The first-order chi connectivity index (χ1) is 9.71. The molecule has 0 unspecified atom stereocenters. The summed E-state index contributed by atoms with van der Waals surface area (Å²) in [4.78, 5) is 11.9. The molecule has 1 aromatic heterocycles. The van der Waals surface area contributed by atoms with Crippen LogP contribution in [0.5, 0.6) is 0 Å². The van der Waals surface area contributed by atoms with Crippen LogP contribution in [0.4, 0.5) is 0 Å². The molecule has 118 valence electrons. The Labute approximate surface area is 129 Å². The van der Waals surface area contributed by atoms with E-state index in [0.29, 0.717) is 6.54 Å². The van der Waals surface area contributed by atoms with Gasteiger partial charge in [-0.3, -0.25) is 4.79 Å². The molecule has 0 bridgehead atoms. The maximum absolute atomic E-state index is 12.1. The molecule has 1 fully saturated rings. The second kappa shape index (κ2) is 6.01. The van der Waals surface area contributed by atoms with E-state index in [4.69, 9.17) is 15.1 Å². The highest BCUT2D eigenvalue weighted by Crippen LogP contribution is 2.35. The minimum Gasteiger partial charge on any atom is -0.455 e. The van der Waals surface area contributed by atoms with Gasteiger partial charge >= 0.3 is 0 Å². The van der Waals surface area contributed by atoms with Crippen molar-refractivity contribution in [3.8, 4) is 0 Å². The number of furan rings is 1. The number of amides is 1. The molecule has 0 aromatic carbocycles. The predicted octanol–water partition coefficient (Wildman–Crippen LogP) is 3.22. The average molecular weight is 334 g/mol. The lowest BCUT2D eigenvalue weighted by molar-refractivity contribution is 0.0890. The van der Waals surface area contributed by atoms with Crippen molar-refractivity contribution in [1.29, 1.82) is 0 Å². The fraction of sp³-hybridized carbons (Fsp3) is 0.643. The summed E-state index contributed by atoms with van der Waals surface area (Å²) >= 11 is 0. The molecule has 0 aliphatic heterocycles. The van der Waals surface area contributed by atoms with Crippen molar-refractivity contribution < 1.29 is 17.6 Å². The molecule has 1 amide bonds. The number of aryl methyl sites for hydroxylation is 1. The smallest absolute Gasteiger partial charge is 0.287 e. The van der Waals surface area contributed by atoms with Crippen LogP contribution in [-0.4, -0.2) is 20.9 Å². The normalized spacial score (nSPS) is 18.4. The van der Waals surface area contributed by atoms with E-state index in [9.17, 15) is 13.2 Å². The van der Waals surface area contributed by atoms with Crippen molar-refractivity contribution in [3.05, 3.63) is 17.6 Å². The van der Waals surface area contributed by atoms with Crippen LogP contribution in [0.3, 0.4) is 0 Å². The van der Waals surface area contributed by atoms with Crippen LogP contribution in [-0.2, 0) is 9.05 Å². The zero-order valence-corrected chi connectivity index (χ0v) is 13.8. The summed E-state index contributed by atoms with van der Waals surface area (Å²) in [5, 5.41) is 2.83. The topological polar surface area (TPSA) is 76.4 Å². The monoisotopic (exact) mass is 333 g/mol. The molecule has 7 heteroatoms. The lowest BCUT2D eigenvalue weighted by atomic mass is 9.76. The molecule has 1 aliphatic rings. The molecule has 2 rings (SSSR count). The summed E-state index contributed by atoms with van der Waals surface area (Å²) in [5.74, 6) is -0.304. The zero-order valence-electron chi connectivity index (χ0n) is 12.2. The zero-order chi connectivity index (χ0) is 15.7. The third-order valence-corrected chi connectivity index (χ3v) is 5.52. The molecule has 0 radical (unpaired) electrons. The van der Waals surface area contributed by atoms with Crippen LogP contribution < -0.4 is 5.32 Å². The van der Waals surface area contributed by atoms with Gasteiger partial charge in [0.25, 0.3) is 15.0 Å². The number of nitrogens with one attached hydrogen (secondary N) is 1. The van der Waals surface area contributed by atoms with Gasteiger partial charge in [-0.25, -0.2) is 8.42 Å². The molecule has 21 heavy (non-hydrogen) atoms. The summed E-state index contributed by atoms with van der Waals surface area (Å²) in [6.45, 7) is 4.19. The molecule has 0 saturated heterocycles. The van der Waals surface area contributed by atoms with Crippen LogP contribution in [0.15, 0.2) is 15.4 Å². The van der Waals surface area contributed by atoms with Gasteiger partial charge < -0.3 is 9.73 Å². The van der Waals surface area contributed by atoms with Gasteiger partial charge in [0.1, 0.15) is 10.7 Å². The van der Waals surface area contributed by atoms with Crippen LogP contribution >= 0.6 is 10.7 Å². The molecule has 1 N–H and O–H groups in total. The van der Waals surface area contributed by atoms with E-state index in [-0.39, 0.29) is 21.8 Å². The molecular formula is C14H20ClNO4S. The van der Waals surface area contributed by atoms with Crippen molar-refractivity contribution >= 4 is 25.6 Å². The van der Waals surface area contributed by atoms with Gasteiger partial charge in [-0.2, -0.15) is 0 Å². The maximum atomic E-state index is 12.1. The van der Waals surface area contributed by atoms with Crippen molar-refractivity contribution in [1.82, 2.24) is 5.32 Å². The first-order valence-corrected chi connectivity index (χ1v) is 9.36. The number of carbonyl (C=O) groups excluding carboxylic acids is 1. The largest absolute Gasteiger partial charge is 0.455 e. The number of carbonyl (C=O) groups is 1. The first-order valence-electron chi connectivity index (χ1n) is 7.05. The molecule has 1 heterocycles. The van der Waals surface area contributed by atoms with Gasteiger partial charge in [-0.05, 0) is 25.2 Å². The van der Waals surface area contributed by atoms with Crippen LogP contribution in [0.2, 0.25) is 0 Å². The Balaban J connectivity index is 2.04. The Morgan fingerprint density at radius 1 is 1.38 bits per heavy atom. The second-order valence-corrected chi connectivity index (χ2v) is 8.56. The van der Waals surface area contributed by atoms with Gasteiger partial charge in [0, 0.05) is 23.3 Å². The standard InChI is InChI=1S/C14H20ClNO4S/c1-10-12(21(15,18)19)8-11(20-10)13(17)16-9-14(2)6-4-3-5-7-14/h8H,3-7,9H2,1-2H3,(H,16,17). The summed E-state index contributed by atoms with van der Waals surface area (Å²) in [6, 6.07) is 1.18. The van der Waals surface area contributed by atoms with Gasteiger partial charge in [0.2, 0.25) is 0 Å². The van der Waals surface area contributed by atoms with Gasteiger partial charge in [-0.15, -0.1) is 0 Å². The average Bonchev–Trinajstić information content (AvgIpc) is 2.79. The van der Waals surface area contributed by atoms with E-state index in [2.05, 4.69) is 12.2 Å². The number of hydrogen-bond acceptors (Lipinski definition) is 4. The third-order valence-electron chi connectivity index (χ3n) is 4.10. The number of hydrogen-bond donors (Lipinski definition) is 1. The van der Waals surface area contributed by atoms with E-state index in [1.165, 1.54) is 32.3 Å². The molecule has 0 atom stereocenters.